The van der Waals surface area contributed by atoms with E-state index in [0.29, 0.717) is 64.5 Å². The van der Waals surface area contributed by atoms with Crippen LogP contribution in [0.5, 0.6) is 28.7 Å². The lowest BCUT2D eigenvalue weighted by molar-refractivity contribution is -0.120. The molecule has 4 heterocycles. The molecule has 6 aromatic carbocycles. The summed E-state index contributed by atoms with van der Waals surface area (Å²) < 4.78 is 82.2. The molecule has 0 saturated heterocycles. The molecular weight excluding hydrogens is 1250 g/mol. The molecule has 3 N–H and O–H groups in total. The lowest BCUT2D eigenvalue weighted by Gasteiger charge is -2.32. The van der Waals surface area contributed by atoms with Crippen LogP contribution >= 0.6 is 43.5 Å². The van der Waals surface area contributed by atoms with Gasteiger partial charge in [-0.05, 0) is 154 Å². The molecule has 9 aromatic rings. The molecular formula is C59H49Br2ClN2O18S. The Morgan fingerprint density at radius 2 is 1.37 bits per heavy atom. The van der Waals surface area contributed by atoms with Crippen LogP contribution in [-0.4, -0.2) is 65.9 Å². The maximum absolute atomic E-state index is 13.5. The number of methoxy groups -OCH3 is 2. The number of ketones is 1. The number of ether oxygens (including phenoxy) is 7. The van der Waals surface area contributed by atoms with Crippen molar-refractivity contribution >= 4 is 99.4 Å². The maximum Gasteiger partial charge on any atom is 0.514 e. The second-order valence-electron chi connectivity index (χ2n) is 17.2. The number of carbonyl (C=O) groups is 4. The minimum atomic E-state index is -4.23. The topological polar surface area (TPSA) is 279 Å². The van der Waals surface area contributed by atoms with Gasteiger partial charge in [-0.15, -0.1) is 0 Å². The van der Waals surface area contributed by atoms with E-state index < -0.39 is 63.6 Å². The zero-order valence-corrected chi connectivity index (χ0v) is 48.1. The van der Waals surface area contributed by atoms with Gasteiger partial charge in [-0.25, -0.2) is 22.7 Å². The number of furan rings is 1. The number of benzene rings is 6. The molecule has 0 spiro atoms. The van der Waals surface area contributed by atoms with Crippen molar-refractivity contribution in [1.29, 1.82) is 0 Å². The van der Waals surface area contributed by atoms with Crippen molar-refractivity contribution < 1.29 is 74.0 Å². The number of nitrogens with two attached hydrogens (primary N) is 1. The average Bonchev–Trinajstić information content (AvgIpc) is 3.78. The van der Waals surface area contributed by atoms with E-state index in [4.69, 9.17) is 63.7 Å². The van der Waals surface area contributed by atoms with Crippen LogP contribution in [0.15, 0.2) is 182 Å². The number of rotatable bonds is 13. The van der Waals surface area contributed by atoms with Gasteiger partial charge in [0.1, 0.15) is 28.4 Å². The molecule has 1 aliphatic rings. The van der Waals surface area contributed by atoms with Gasteiger partial charge >= 0.3 is 12.2 Å². The highest BCUT2D eigenvalue weighted by atomic mass is 79.9. The Bertz CT molecular complexity index is 4110. The first-order chi connectivity index (χ1) is 39.3. The number of aryl methyl sites for hydroxylation is 1. The normalized spacial score (nSPS) is 13.3. The standard InChI is InChI=1S/C25H22BrNO8S.C18H13ClO5.C15H10BrNO5.CH4/c1-14-4-8-17(9-5-14)36(30,31)27-25(29)35-24-22(28)18-13-16(32-2)7-11-20(18)34-23(24)15-6-10-21(33-3)19(26)12-15;1-2-22-18(21)24-17-15(20)13-5-3-4-6-14(13)23-16(17)11-7-9-12(19)10-8-11;16-11-6-5-10(21-11)14-15(20-7-12(17)18)13(19)8-3-1-2-4-9(8)22-14;/h4-13,23-24H,1-3H3,(H,27,29);3-10H,2H2,1H3;1-6H,7H2,(H2,17,18);1H4/t23-,24+;;;/m1.../s1. The Balaban J connectivity index is 0.000000185. The van der Waals surface area contributed by atoms with Gasteiger partial charge in [0.2, 0.25) is 40.0 Å². The Morgan fingerprint density at radius 3 is 1.96 bits per heavy atom. The van der Waals surface area contributed by atoms with Crippen LogP contribution in [0.1, 0.15) is 41.9 Å². The van der Waals surface area contributed by atoms with Crippen LogP contribution in [0.2, 0.25) is 5.02 Å². The number of primary amides is 1. The van der Waals surface area contributed by atoms with Crippen molar-refractivity contribution in [2.24, 2.45) is 5.73 Å². The van der Waals surface area contributed by atoms with Crippen LogP contribution in [-0.2, 0) is 24.3 Å². The molecule has 20 nitrogen and oxygen atoms in total. The van der Waals surface area contributed by atoms with Gasteiger partial charge < -0.3 is 52.1 Å². The first-order valence-electron chi connectivity index (χ1n) is 24.2. The summed E-state index contributed by atoms with van der Waals surface area (Å²) in [6, 6.07) is 39.0. The zero-order valence-electron chi connectivity index (χ0n) is 43.4. The Morgan fingerprint density at radius 1 is 0.735 bits per heavy atom. The summed E-state index contributed by atoms with van der Waals surface area (Å²) in [6.45, 7) is 3.15. The average molecular weight is 1300 g/mol. The molecule has 3 aromatic heterocycles. The second kappa shape index (κ2) is 27.2. The number of sulfonamides is 1. The Labute approximate surface area is 495 Å². The van der Waals surface area contributed by atoms with Crippen molar-refractivity contribution in [3.63, 3.8) is 0 Å². The van der Waals surface area contributed by atoms with Crippen LogP contribution in [0.4, 0.5) is 9.59 Å². The Kier molecular flexibility index (Phi) is 20.3. The summed E-state index contributed by atoms with van der Waals surface area (Å²) in [5.74, 6) is 0.174. The number of carbonyl (C=O) groups excluding carboxylic acids is 4. The molecule has 0 saturated carbocycles. The van der Waals surface area contributed by atoms with Gasteiger partial charge in [0.25, 0.3) is 15.9 Å². The van der Waals surface area contributed by atoms with Gasteiger partial charge in [0.05, 0.1) is 46.5 Å². The van der Waals surface area contributed by atoms with Crippen molar-refractivity contribution in [3.05, 3.63) is 197 Å². The van der Waals surface area contributed by atoms with Gasteiger partial charge in [-0.3, -0.25) is 19.2 Å². The van der Waals surface area contributed by atoms with Crippen molar-refractivity contribution in [1.82, 2.24) is 4.72 Å². The largest absolute Gasteiger partial charge is 0.514 e. The number of fused-ring (bicyclic) bond motifs is 3. The number of hydrogen-bond donors (Lipinski definition) is 2. The number of halogens is 3. The van der Waals surface area contributed by atoms with E-state index >= 15 is 0 Å². The first-order valence-corrected chi connectivity index (χ1v) is 27.6. The highest BCUT2D eigenvalue weighted by Crippen LogP contribution is 2.41. The quantitative estimate of drug-likeness (QED) is 0.101. The summed E-state index contributed by atoms with van der Waals surface area (Å²) in [4.78, 5) is 73.9. The van der Waals surface area contributed by atoms with Gasteiger partial charge in [0, 0.05) is 10.6 Å². The zero-order chi connectivity index (χ0) is 58.8. The van der Waals surface area contributed by atoms with E-state index in [0.717, 1.165) is 5.56 Å². The molecule has 83 heavy (non-hydrogen) atoms. The highest BCUT2D eigenvalue weighted by Gasteiger charge is 2.42. The fourth-order valence-corrected chi connectivity index (χ4v) is 9.77. The first kappa shape index (κ1) is 61.7. The second-order valence-corrected chi connectivity index (χ2v) is 21.0. The van der Waals surface area contributed by atoms with Crippen LogP contribution in [0.25, 0.3) is 44.8 Å². The maximum atomic E-state index is 13.5. The molecule has 0 unspecified atom stereocenters. The van der Waals surface area contributed by atoms with E-state index in [1.807, 2.05) is 4.72 Å². The van der Waals surface area contributed by atoms with E-state index in [1.165, 1.54) is 32.4 Å². The van der Waals surface area contributed by atoms with Crippen LogP contribution in [0, 0.1) is 6.92 Å². The van der Waals surface area contributed by atoms with Crippen molar-refractivity contribution in [2.75, 3.05) is 27.4 Å². The smallest absolute Gasteiger partial charge is 0.497 e. The predicted molar refractivity (Wildman–Crippen MR) is 313 cm³/mol. The number of para-hydroxylation sites is 2. The summed E-state index contributed by atoms with van der Waals surface area (Å²) in [7, 11) is -1.28. The van der Waals surface area contributed by atoms with E-state index in [1.54, 1.807) is 141 Å². The van der Waals surface area contributed by atoms with E-state index in [-0.39, 0.29) is 53.3 Å². The molecule has 24 heteroatoms. The molecule has 2 atom stereocenters. The molecule has 2 amide bonds. The fraction of sp³-hybridized carbons (Fsp3) is 0.153. The third kappa shape index (κ3) is 14.6. The summed E-state index contributed by atoms with van der Waals surface area (Å²) in [6.07, 6.45) is -4.83. The minimum absolute atomic E-state index is 0. The molecule has 1 aliphatic heterocycles. The summed E-state index contributed by atoms with van der Waals surface area (Å²) in [5.41, 5.74) is 7.05. The number of hydrogen-bond acceptors (Lipinski definition) is 18. The molecule has 0 aliphatic carbocycles. The number of amides is 2. The van der Waals surface area contributed by atoms with Crippen molar-refractivity contribution in [2.45, 2.75) is 38.4 Å². The lowest BCUT2D eigenvalue weighted by Crippen LogP contribution is -2.43. The monoisotopic (exact) mass is 1300 g/mol. The molecule has 0 radical (unpaired) electrons. The number of Topliss-reactive ketones (excluding diaryl/α,β-unsaturated/α-hetero) is 1. The summed E-state index contributed by atoms with van der Waals surface area (Å²) in [5, 5.41) is 1.20. The van der Waals surface area contributed by atoms with Gasteiger partial charge in [0.15, 0.2) is 28.9 Å². The Hall–Kier alpha value is -8.90. The SMILES string of the molecule is C.CCOC(=O)Oc1c(-c2ccc(Cl)cc2)oc2ccccc2c1=O.COc1ccc2c(c1)C(=O)[C@H](OC(=O)NS(=O)(=O)c1ccc(C)cc1)[C@@H](c1ccc(OC)c(Br)c1)O2.NC(=O)COc1c(-c2ccc(Br)o2)oc2ccccc2c1=O. The van der Waals surface area contributed by atoms with Crippen molar-refractivity contribution in [3.8, 4) is 51.6 Å². The van der Waals surface area contributed by atoms with E-state index in [9.17, 15) is 37.2 Å². The van der Waals surface area contributed by atoms with Crippen LogP contribution < -0.4 is 45.0 Å². The van der Waals surface area contributed by atoms with Gasteiger partial charge in [-0.2, -0.15) is 0 Å². The number of nitrogens with one attached hydrogen (secondary N) is 1. The lowest BCUT2D eigenvalue weighted by atomic mass is 9.93. The molecule has 0 bridgehead atoms. The fourth-order valence-electron chi connectivity index (χ4n) is 7.90. The molecule has 0 fully saturated rings. The molecule has 10 rings (SSSR count). The minimum Gasteiger partial charge on any atom is -0.497 e. The third-order valence-corrected chi connectivity index (χ3v) is 14.4. The summed E-state index contributed by atoms with van der Waals surface area (Å²) >= 11 is 12.5. The van der Waals surface area contributed by atoms with Crippen LogP contribution in [0.3, 0.4) is 0 Å². The molecule has 430 valence electrons. The predicted octanol–water partition coefficient (Wildman–Crippen LogP) is 12.5. The van der Waals surface area contributed by atoms with E-state index in [2.05, 4.69) is 31.9 Å². The van der Waals surface area contributed by atoms with Gasteiger partial charge in [-0.1, -0.05) is 67.1 Å². The third-order valence-electron chi connectivity index (χ3n) is 11.7. The highest BCUT2D eigenvalue weighted by molar-refractivity contribution is 9.10.